The zero-order chi connectivity index (χ0) is 9.68. The molecule has 0 atom stereocenters. The van der Waals surface area contributed by atoms with Gasteiger partial charge in [-0.25, -0.2) is 0 Å². The normalized spacial score (nSPS) is 16.8. The molecule has 0 saturated heterocycles. The molecular weight excluding hydrogens is 162 g/mol. The van der Waals surface area contributed by atoms with E-state index in [1.54, 1.807) is 6.08 Å². The van der Waals surface area contributed by atoms with Crippen LogP contribution in [0.4, 0.5) is 0 Å². The summed E-state index contributed by atoms with van der Waals surface area (Å²) in [5, 5.41) is 9.24. The zero-order valence-electron chi connectivity index (χ0n) is 8.33. The molecule has 0 heterocycles. The average Bonchev–Trinajstić information content (AvgIpc) is 2.27. The van der Waals surface area contributed by atoms with Crippen molar-refractivity contribution in [3.8, 4) is 0 Å². The molecule has 13 heavy (non-hydrogen) atoms. The standard InChI is InChI=1S/C11H17NO/c1-12(2)9-8-10-4-3-5-11(13)7-6-10/h3-4,6-7,13H,5,8-9H2,1-2H3. The Hall–Kier alpha value is -1.02. The first-order valence-electron chi connectivity index (χ1n) is 4.58. The summed E-state index contributed by atoms with van der Waals surface area (Å²) >= 11 is 0. The van der Waals surface area contributed by atoms with Gasteiger partial charge in [0.25, 0.3) is 0 Å². The SMILES string of the molecule is CN(C)CCC1=CC=C(O)CC=C1. The Morgan fingerprint density at radius 2 is 2.15 bits per heavy atom. The molecule has 0 spiro atoms. The summed E-state index contributed by atoms with van der Waals surface area (Å²) in [7, 11) is 4.13. The van der Waals surface area contributed by atoms with Crippen molar-refractivity contribution in [1.82, 2.24) is 4.90 Å². The van der Waals surface area contributed by atoms with Gasteiger partial charge in [-0.1, -0.05) is 18.2 Å². The Morgan fingerprint density at radius 1 is 1.38 bits per heavy atom. The van der Waals surface area contributed by atoms with Gasteiger partial charge < -0.3 is 10.0 Å². The van der Waals surface area contributed by atoms with Crippen molar-refractivity contribution in [1.29, 1.82) is 0 Å². The molecule has 0 bridgehead atoms. The van der Waals surface area contributed by atoms with Gasteiger partial charge in [0.15, 0.2) is 0 Å². The van der Waals surface area contributed by atoms with Crippen molar-refractivity contribution in [2.45, 2.75) is 12.8 Å². The van der Waals surface area contributed by atoms with E-state index in [-0.39, 0.29) is 0 Å². The molecule has 2 heteroatoms. The van der Waals surface area contributed by atoms with Gasteiger partial charge in [-0.3, -0.25) is 0 Å². The first-order chi connectivity index (χ1) is 6.18. The summed E-state index contributed by atoms with van der Waals surface area (Å²) in [6, 6.07) is 0. The second-order valence-corrected chi connectivity index (χ2v) is 3.56. The van der Waals surface area contributed by atoms with E-state index in [1.807, 2.05) is 12.2 Å². The largest absolute Gasteiger partial charge is 0.512 e. The molecule has 0 aromatic heterocycles. The summed E-state index contributed by atoms with van der Waals surface area (Å²) in [4.78, 5) is 2.16. The van der Waals surface area contributed by atoms with Crippen LogP contribution in [0.3, 0.4) is 0 Å². The fourth-order valence-corrected chi connectivity index (χ4v) is 1.18. The van der Waals surface area contributed by atoms with Crippen LogP contribution in [0.15, 0.2) is 35.6 Å². The van der Waals surface area contributed by atoms with Crippen LogP contribution in [0.5, 0.6) is 0 Å². The zero-order valence-corrected chi connectivity index (χ0v) is 8.33. The third kappa shape index (κ3) is 3.95. The molecule has 0 unspecified atom stereocenters. The van der Waals surface area contributed by atoms with Crippen LogP contribution >= 0.6 is 0 Å². The lowest BCUT2D eigenvalue weighted by molar-refractivity contribution is 0.402. The van der Waals surface area contributed by atoms with Crippen LogP contribution < -0.4 is 0 Å². The first kappa shape index (κ1) is 10.1. The highest BCUT2D eigenvalue weighted by molar-refractivity contribution is 5.28. The van der Waals surface area contributed by atoms with Gasteiger partial charge in [-0.15, -0.1) is 0 Å². The Kier molecular flexibility index (Phi) is 3.77. The Labute approximate surface area is 79.9 Å². The minimum Gasteiger partial charge on any atom is -0.512 e. The predicted octanol–water partition coefficient (Wildman–Crippen LogP) is 2.27. The van der Waals surface area contributed by atoms with Gasteiger partial charge in [0.05, 0.1) is 5.76 Å². The van der Waals surface area contributed by atoms with Gasteiger partial charge in [-0.2, -0.15) is 0 Å². The van der Waals surface area contributed by atoms with Gasteiger partial charge in [-0.05, 0) is 32.2 Å². The maximum absolute atomic E-state index is 9.24. The number of aliphatic hydroxyl groups excluding tert-OH is 1. The third-order valence-electron chi connectivity index (χ3n) is 2.00. The lowest BCUT2D eigenvalue weighted by atomic mass is 10.1. The predicted molar refractivity (Wildman–Crippen MR) is 55.7 cm³/mol. The highest BCUT2D eigenvalue weighted by Gasteiger charge is 1.98. The highest BCUT2D eigenvalue weighted by Crippen LogP contribution is 2.11. The fraction of sp³-hybridized carbons (Fsp3) is 0.455. The molecule has 0 radical (unpaired) electrons. The fourth-order valence-electron chi connectivity index (χ4n) is 1.18. The molecule has 2 nitrogen and oxygen atoms in total. The van der Waals surface area contributed by atoms with Crippen molar-refractivity contribution in [2.75, 3.05) is 20.6 Å². The molecule has 1 aliphatic rings. The number of hydrogen-bond acceptors (Lipinski definition) is 2. The smallest absolute Gasteiger partial charge is 0.0960 e. The number of nitrogens with zero attached hydrogens (tertiary/aromatic N) is 1. The van der Waals surface area contributed by atoms with Crippen LogP contribution in [-0.2, 0) is 0 Å². The summed E-state index contributed by atoms with van der Waals surface area (Å²) < 4.78 is 0. The summed E-state index contributed by atoms with van der Waals surface area (Å²) in [6.45, 7) is 1.05. The lowest BCUT2D eigenvalue weighted by Gasteiger charge is -2.08. The summed E-state index contributed by atoms with van der Waals surface area (Å²) in [5.74, 6) is 0.441. The Balaban J connectivity index is 2.49. The Morgan fingerprint density at radius 3 is 2.85 bits per heavy atom. The van der Waals surface area contributed by atoms with E-state index in [9.17, 15) is 5.11 Å². The highest BCUT2D eigenvalue weighted by atomic mass is 16.3. The monoisotopic (exact) mass is 179 g/mol. The number of rotatable bonds is 3. The Bertz CT molecular complexity index is 249. The number of hydrogen-bond donors (Lipinski definition) is 1. The quantitative estimate of drug-likeness (QED) is 0.718. The van der Waals surface area contributed by atoms with Crippen molar-refractivity contribution in [3.63, 3.8) is 0 Å². The molecule has 0 fully saturated rings. The van der Waals surface area contributed by atoms with Crippen LogP contribution in [0, 0.1) is 0 Å². The van der Waals surface area contributed by atoms with E-state index < -0.39 is 0 Å². The second-order valence-electron chi connectivity index (χ2n) is 3.56. The summed E-state index contributed by atoms with van der Waals surface area (Å²) in [5.41, 5.74) is 1.28. The lowest BCUT2D eigenvalue weighted by Crippen LogP contribution is -2.13. The minimum atomic E-state index is 0.441. The molecule has 0 aliphatic heterocycles. The van der Waals surface area contributed by atoms with Crippen molar-refractivity contribution in [2.24, 2.45) is 0 Å². The van der Waals surface area contributed by atoms with E-state index in [2.05, 4.69) is 25.1 Å². The van der Waals surface area contributed by atoms with Crippen LogP contribution in [0.1, 0.15) is 12.8 Å². The molecular formula is C11H17NO. The average molecular weight is 179 g/mol. The van der Waals surface area contributed by atoms with E-state index in [0.29, 0.717) is 12.2 Å². The number of aliphatic hydroxyl groups is 1. The second kappa shape index (κ2) is 4.87. The molecule has 72 valence electrons. The van der Waals surface area contributed by atoms with Crippen molar-refractivity contribution < 1.29 is 5.11 Å². The minimum absolute atomic E-state index is 0.441. The van der Waals surface area contributed by atoms with Crippen LogP contribution in [-0.4, -0.2) is 30.6 Å². The maximum atomic E-state index is 9.24. The van der Waals surface area contributed by atoms with Crippen LogP contribution in [0.2, 0.25) is 0 Å². The van der Waals surface area contributed by atoms with Gasteiger partial charge in [0, 0.05) is 13.0 Å². The molecule has 0 saturated carbocycles. The van der Waals surface area contributed by atoms with E-state index in [0.717, 1.165) is 13.0 Å². The molecule has 1 N–H and O–H groups in total. The molecule has 1 aliphatic carbocycles. The molecule has 0 amide bonds. The number of allylic oxidation sites excluding steroid dienone is 4. The van der Waals surface area contributed by atoms with Crippen LogP contribution in [0.25, 0.3) is 0 Å². The summed E-state index contributed by atoms with van der Waals surface area (Å²) in [6.07, 6.45) is 9.55. The topological polar surface area (TPSA) is 23.5 Å². The van der Waals surface area contributed by atoms with E-state index in [1.165, 1.54) is 5.57 Å². The first-order valence-corrected chi connectivity index (χ1v) is 4.58. The van der Waals surface area contributed by atoms with Gasteiger partial charge in [0.1, 0.15) is 0 Å². The third-order valence-corrected chi connectivity index (χ3v) is 2.00. The van der Waals surface area contributed by atoms with Gasteiger partial charge >= 0.3 is 0 Å². The molecule has 0 aromatic rings. The maximum Gasteiger partial charge on any atom is 0.0960 e. The van der Waals surface area contributed by atoms with E-state index >= 15 is 0 Å². The van der Waals surface area contributed by atoms with Gasteiger partial charge in [0.2, 0.25) is 0 Å². The molecule has 1 rings (SSSR count). The van der Waals surface area contributed by atoms with Crippen molar-refractivity contribution >= 4 is 0 Å². The van der Waals surface area contributed by atoms with E-state index in [4.69, 9.17) is 0 Å². The van der Waals surface area contributed by atoms with Crippen molar-refractivity contribution in [3.05, 3.63) is 35.6 Å². The molecule has 0 aromatic carbocycles.